The van der Waals surface area contributed by atoms with Crippen molar-refractivity contribution in [2.45, 2.75) is 232 Å². The van der Waals surface area contributed by atoms with Crippen molar-refractivity contribution >= 4 is 17.9 Å². The molecule has 0 rings (SSSR count). The minimum absolute atomic E-state index is 0.100. The Kier molecular flexibility index (Phi) is 49.5. The Hall–Kier alpha value is -3.93. The van der Waals surface area contributed by atoms with Crippen LogP contribution in [0.25, 0.3) is 0 Å². The van der Waals surface area contributed by atoms with E-state index in [-0.39, 0.29) is 37.5 Å². The highest BCUT2D eigenvalue weighted by molar-refractivity contribution is 5.71. The standard InChI is InChI=1S/C59H96O6/c1-4-7-10-13-16-19-22-25-27-29-30-31-33-34-37-40-43-46-49-52-58(61)64-55-56(54-63-57(60)51-48-45-42-39-36-24-21-18-15-12-9-6-3)65-59(62)53-50-47-44-41-38-35-32-28-26-23-20-17-14-11-8-5-2/h7-12,16-21,25-28,35,38,56H,4-6,13-15,22-24,29-34,36-37,39-55H2,1-3H3/b10-7-,11-8-,12-9-,19-16-,20-17-,21-18-,27-25-,28-26-,38-35-. The predicted molar refractivity (Wildman–Crippen MR) is 279 cm³/mol. The van der Waals surface area contributed by atoms with Crippen LogP contribution in [0, 0.1) is 0 Å². The first-order chi connectivity index (χ1) is 32.0. The van der Waals surface area contributed by atoms with Crippen LogP contribution in [-0.2, 0) is 28.6 Å². The molecule has 0 aromatic heterocycles. The summed E-state index contributed by atoms with van der Waals surface area (Å²) in [7, 11) is 0. The van der Waals surface area contributed by atoms with Crippen LogP contribution < -0.4 is 0 Å². The highest BCUT2D eigenvalue weighted by Gasteiger charge is 2.19. The summed E-state index contributed by atoms with van der Waals surface area (Å²) in [5.41, 5.74) is 0. The van der Waals surface area contributed by atoms with Gasteiger partial charge in [0.2, 0.25) is 0 Å². The molecule has 0 fully saturated rings. The van der Waals surface area contributed by atoms with Gasteiger partial charge in [-0.3, -0.25) is 14.4 Å². The number of esters is 3. The van der Waals surface area contributed by atoms with E-state index in [4.69, 9.17) is 14.2 Å². The third kappa shape index (κ3) is 50.9. The third-order valence-electron chi connectivity index (χ3n) is 10.8. The molecule has 0 amide bonds. The monoisotopic (exact) mass is 901 g/mol. The van der Waals surface area contributed by atoms with Gasteiger partial charge >= 0.3 is 17.9 Å². The average Bonchev–Trinajstić information content (AvgIpc) is 3.30. The molecule has 0 saturated heterocycles. The molecule has 0 N–H and O–H groups in total. The van der Waals surface area contributed by atoms with Gasteiger partial charge in [-0.15, -0.1) is 0 Å². The summed E-state index contributed by atoms with van der Waals surface area (Å²) in [4.78, 5) is 38.0. The number of carbonyl (C=O) groups excluding carboxylic acids is 3. The Morgan fingerprint density at radius 1 is 0.308 bits per heavy atom. The Bertz CT molecular complexity index is 1360. The molecule has 65 heavy (non-hydrogen) atoms. The maximum atomic E-state index is 12.8. The van der Waals surface area contributed by atoms with Crippen molar-refractivity contribution in [2.75, 3.05) is 13.2 Å². The van der Waals surface area contributed by atoms with Crippen molar-refractivity contribution in [1.29, 1.82) is 0 Å². The molecule has 0 saturated carbocycles. The molecule has 6 heteroatoms. The molecule has 0 aromatic carbocycles. The summed E-state index contributed by atoms with van der Waals surface area (Å²) in [6.07, 6.45) is 70.8. The summed E-state index contributed by atoms with van der Waals surface area (Å²) >= 11 is 0. The fourth-order valence-corrected chi connectivity index (χ4v) is 6.90. The van der Waals surface area contributed by atoms with E-state index in [0.29, 0.717) is 12.8 Å². The van der Waals surface area contributed by atoms with Crippen molar-refractivity contribution in [1.82, 2.24) is 0 Å². The van der Waals surface area contributed by atoms with E-state index < -0.39 is 6.10 Å². The summed E-state index contributed by atoms with van der Waals surface area (Å²) in [5.74, 6) is -0.957. The summed E-state index contributed by atoms with van der Waals surface area (Å²) in [6, 6.07) is 0. The van der Waals surface area contributed by atoms with Crippen molar-refractivity contribution in [3.63, 3.8) is 0 Å². The van der Waals surface area contributed by atoms with Gasteiger partial charge in [-0.05, 0) is 116 Å². The van der Waals surface area contributed by atoms with Crippen LogP contribution >= 0.6 is 0 Å². The molecule has 0 aliphatic carbocycles. The van der Waals surface area contributed by atoms with Crippen LogP contribution in [0.4, 0.5) is 0 Å². The molecule has 0 radical (unpaired) electrons. The molecule has 0 aliphatic heterocycles. The van der Waals surface area contributed by atoms with Crippen LogP contribution in [-0.4, -0.2) is 37.2 Å². The fourth-order valence-electron chi connectivity index (χ4n) is 6.90. The number of allylic oxidation sites excluding steroid dienone is 18. The number of rotatable bonds is 46. The highest BCUT2D eigenvalue weighted by atomic mass is 16.6. The van der Waals surface area contributed by atoms with E-state index in [0.717, 1.165) is 141 Å². The van der Waals surface area contributed by atoms with Crippen molar-refractivity contribution in [3.05, 3.63) is 109 Å². The molecule has 6 nitrogen and oxygen atoms in total. The summed E-state index contributed by atoms with van der Waals surface area (Å²) in [6.45, 7) is 6.25. The highest BCUT2D eigenvalue weighted by Crippen LogP contribution is 2.14. The van der Waals surface area contributed by atoms with Gasteiger partial charge in [0, 0.05) is 19.3 Å². The summed E-state index contributed by atoms with van der Waals surface area (Å²) < 4.78 is 16.8. The molecule has 1 atom stereocenters. The zero-order chi connectivity index (χ0) is 47.2. The van der Waals surface area contributed by atoms with Crippen LogP contribution in [0.5, 0.6) is 0 Å². The largest absolute Gasteiger partial charge is 0.462 e. The quantitative estimate of drug-likeness (QED) is 0.0262. The van der Waals surface area contributed by atoms with Gasteiger partial charge in [-0.1, -0.05) is 201 Å². The maximum absolute atomic E-state index is 12.8. The van der Waals surface area contributed by atoms with Gasteiger partial charge < -0.3 is 14.2 Å². The Balaban J connectivity index is 4.44. The third-order valence-corrected chi connectivity index (χ3v) is 10.8. The van der Waals surface area contributed by atoms with Crippen molar-refractivity contribution < 1.29 is 28.6 Å². The zero-order valence-electron chi connectivity index (χ0n) is 42.0. The van der Waals surface area contributed by atoms with E-state index in [1.807, 2.05) is 0 Å². The van der Waals surface area contributed by atoms with Crippen LogP contribution in [0.2, 0.25) is 0 Å². The normalized spacial score (nSPS) is 13.0. The van der Waals surface area contributed by atoms with E-state index >= 15 is 0 Å². The Morgan fingerprint density at radius 3 is 0.877 bits per heavy atom. The van der Waals surface area contributed by atoms with E-state index in [1.54, 1.807) is 0 Å². The predicted octanol–water partition coefficient (Wildman–Crippen LogP) is 17.5. The molecular formula is C59H96O6. The molecule has 368 valence electrons. The Morgan fingerprint density at radius 2 is 0.554 bits per heavy atom. The molecule has 0 bridgehead atoms. The van der Waals surface area contributed by atoms with Gasteiger partial charge in [0.15, 0.2) is 6.10 Å². The second-order valence-corrected chi connectivity index (χ2v) is 17.0. The number of hydrogen-bond acceptors (Lipinski definition) is 6. The number of carbonyl (C=O) groups is 3. The molecule has 0 spiro atoms. The Labute approximate surface area is 400 Å². The molecular weight excluding hydrogens is 805 g/mol. The van der Waals surface area contributed by atoms with Crippen LogP contribution in [0.1, 0.15) is 226 Å². The lowest BCUT2D eigenvalue weighted by Crippen LogP contribution is -2.30. The average molecular weight is 901 g/mol. The van der Waals surface area contributed by atoms with E-state index in [9.17, 15) is 14.4 Å². The van der Waals surface area contributed by atoms with Gasteiger partial charge in [0.1, 0.15) is 13.2 Å². The topological polar surface area (TPSA) is 78.9 Å². The van der Waals surface area contributed by atoms with Crippen molar-refractivity contribution in [2.24, 2.45) is 0 Å². The maximum Gasteiger partial charge on any atom is 0.306 e. The summed E-state index contributed by atoms with van der Waals surface area (Å²) in [5, 5.41) is 0. The molecule has 0 aliphatic rings. The number of hydrogen-bond donors (Lipinski definition) is 0. The molecule has 0 heterocycles. The van der Waals surface area contributed by atoms with Crippen LogP contribution in [0.3, 0.4) is 0 Å². The second kappa shape index (κ2) is 52.7. The molecule has 0 aromatic rings. The minimum atomic E-state index is -0.804. The minimum Gasteiger partial charge on any atom is -0.462 e. The van der Waals surface area contributed by atoms with Gasteiger partial charge in [0.25, 0.3) is 0 Å². The lowest BCUT2D eigenvalue weighted by molar-refractivity contribution is -0.167. The van der Waals surface area contributed by atoms with Crippen molar-refractivity contribution in [3.8, 4) is 0 Å². The zero-order valence-corrected chi connectivity index (χ0v) is 42.0. The van der Waals surface area contributed by atoms with E-state index in [1.165, 1.54) is 44.9 Å². The fraction of sp³-hybridized carbons (Fsp3) is 0.644. The van der Waals surface area contributed by atoms with Gasteiger partial charge in [-0.25, -0.2) is 0 Å². The smallest absolute Gasteiger partial charge is 0.306 e. The first-order valence-corrected chi connectivity index (χ1v) is 26.4. The first-order valence-electron chi connectivity index (χ1n) is 26.4. The number of ether oxygens (including phenoxy) is 3. The first kappa shape index (κ1) is 61.1. The lowest BCUT2D eigenvalue weighted by atomic mass is 10.1. The van der Waals surface area contributed by atoms with Gasteiger partial charge in [0.05, 0.1) is 0 Å². The second-order valence-electron chi connectivity index (χ2n) is 17.0. The SMILES string of the molecule is CC/C=C\C/C=C\C/C=C\C/C=C\CCCCCC(=O)OC(COC(=O)CCCCCCC/C=C\C/C=C\CC)COC(=O)CCCCCCCCCCC/C=C\C/C=C\C/C=C\CC. The van der Waals surface area contributed by atoms with E-state index in [2.05, 4.69) is 130 Å². The van der Waals surface area contributed by atoms with Gasteiger partial charge in [-0.2, -0.15) is 0 Å². The number of unbranched alkanes of at least 4 members (excludes halogenated alkanes) is 17. The van der Waals surface area contributed by atoms with Crippen LogP contribution in [0.15, 0.2) is 109 Å². The molecule has 1 unspecified atom stereocenters. The lowest BCUT2D eigenvalue weighted by Gasteiger charge is -2.18.